The van der Waals surface area contributed by atoms with E-state index in [1.165, 1.54) is 7.11 Å². The Balaban J connectivity index is 2.69. The number of carbonyl (C=O) groups excluding carboxylic acids is 1. The Labute approximate surface area is 110 Å². The van der Waals surface area contributed by atoms with Gasteiger partial charge in [0.05, 0.1) is 7.11 Å². The fraction of sp³-hybridized carbons (Fsp3) is 0.923. The van der Waals surface area contributed by atoms with Gasteiger partial charge in [0.25, 0.3) is 0 Å². The van der Waals surface area contributed by atoms with E-state index in [9.17, 15) is 4.79 Å². The summed E-state index contributed by atoms with van der Waals surface area (Å²) in [6.07, 6.45) is 0. The molecule has 0 amide bonds. The van der Waals surface area contributed by atoms with Crippen molar-refractivity contribution in [2.24, 2.45) is 0 Å². The normalized spacial score (nSPS) is 29.9. The van der Waals surface area contributed by atoms with E-state index in [0.717, 1.165) is 13.1 Å². The molecule has 1 aliphatic heterocycles. The third-order valence-electron chi connectivity index (χ3n) is 4.16. The minimum atomic E-state index is -0.635. The third kappa shape index (κ3) is 3.22. The molecule has 1 saturated heterocycles. The second-order valence-corrected chi connectivity index (χ2v) is 5.63. The highest BCUT2D eigenvalue weighted by molar-refractivity contribution is 5.80. The van der Waals surface area contributed by atoms with Gasteiger partial charge in [-0.25, -0.2) is 0 Å². The van der Waals surface area contributed by atoms with E-state index in [2.05, 4.69) is 36.0 Å². The van der Waals surface area contributed by atoms with E-state index in [1.54, 1.807) is 7.05 Å². The Morgan fingerprint density at radius 3 is 2.28 bits per heavy atom. The molecule has 0 aromatic heterocycles. The van der Waals surface area contributed by atoms with Gasteiger partial charge in [-0.1, -0.05) is 0 Å². The molecule has 0 aromatic rings. The molecule has 3 unspecified atom stereocenters. The average molecular weight is 257 g/mol. The summed E-state index contributed by atoms with van der Waals surface area (Å²) in [5.74, 6) is -0.204. The van der Waals surface area contributed by atoms with Gasteiger partial charge in [-0.3, -0.25) is 14.6 Å². The highest BCUT2D eigenvalue weighted by Crippen LogP contribution is 2.17. The number of hydrogen-bond acceptors (Lipinski definition) is 5. The molecule has 3 atom stereocenters. The first-order valence-corrected chi connectivity index (χ1v) is 6.55. The molecule has 5 nitrogen and oxygen atoms in total. The summed E-state index contributed by atoms with van der Waals surface area (Å²) in [7, 11) is 5.40. The van der Waals surface area contributed by atoms with E-state index >= 15 is 0 Å². The van der Waals surface area contributed by atoms with Crippen LogP contribution in [-0.4, -0.2) is 74.2 Å². The summed E-state index contributed by atoms with van der Waals surface area (Å²) in [6, 6.07) is 1.01. The number of rotatable bonds is 4. The van der Waals surface area contributed by atoms with Crippen LogP contribution < -0.4 is 5.32 Å². The predicted octanol–water partition coefficient (Wildman–Crippen LogP) is 0.162. The molecule has 1 rings (SSSR count). The molecule has 18 heavy (non-hydrogen) atoms. The fourth-order valence-corrected chi connectivity index (χ4v) is 2.56. The van der Waals surface area contributed by atoms with Crippen LogP contribution in [0.3, 0.4) is 0 Å². The number of piperazine rings is 1. The summed E-state index contributed by atoms with van der Waals surface area (Å²) in [4.78, 5) is 16.6. The van der Waals surface area contributed by atoms with Gasteiger partial charge < -0.3 is 10.1 Å². The number of likely N-dealkylation sites (N-methyl/N-ethyl adjacent to an activating group) is 2. The molecule has 0 saturated carbocycles. The number of nitrogens with zero attached hydrogens (tertiary/aromatic N) is 2. The van der Waals surface area contributed by atoms with E-state index in [1.807, 2.05) is 6.92 Å². The topological polar surface area (TPSA) is 44.8 Å². The molecule has 0 aromatic carbocycles. The molecule has 106 valence electrons. The minimum absolute atomic E-state index is 0.204. The lowest BCUT2D eigenvalue weighted by atomic mass is 10.00. The molecule has 1 heterocycles. The molecule has 1 N–H and O–H groups in total. The number of carbonyl (C=O) groups is 1. The van der Waals surface area contributed by atoms with Gasteiger partial charge >= 0.3 is 5.97 Å². The zero-order chi connectivity index (χ0) is 13.9. The van der Waals surface area contributed by atoms with Crippen LogP contribution in [0.15, 0.2) is 0 Å². The highest BCUT2D eigenvalue weighted by Gasteiger charge is 2.37. The maximum Gasteiger partial charge on any atom is 0.327 e. The van der Waals surface area contributed by atoms with Gasteiger partial charge in [0.1, 0.15) is 5.54 Å². The van der Waals surface area contributed by atoms with Crippen molar-refractivity contribution in [3.63, 3.8) is 0 Å². The number of methoxy groups -OCH3 is 1. The summed E-state index contributed by atoms with van der Waals surface area (Å²) in [5.41, 5.74) is -0.635. The highest BCUT2D eigenvalue weighted by atomic mass is 16.5. The van der Waals surface area contributed by atoms with Crippen molar-refractivity contribution in [3.05, 3.63) is 0 Å². The van der Waals surface area contributed by atoms with Gasteiger partial charge in [-0.2, -0.15) is 0 Å². The van der Waals surface area contributed by atoms with Gasteiger partial charge in [0.15, 0.2) is 0 Å². The zero-order valence-electron chi connectivity index (χ0n) is 12.5. The Hall–Kier alpha value is -0.650. The van der Waals surface area contributed by atoms with Crippen molar-refractivity contribution in [2.45, 2.75) is 38.4 Å². The summed E-state index contributed by atoms with van der Waals surface area (Å²) < 4.78 is 4.88. The van der Waals surface area contributed by atoms with Crippen LogP contribution in [-0.2, 0) is 9.53 Å². The summed E-state index contributed by atoms with van der Waals surface area (Å²) in [6.45, 7) is 8.98. The van der Waals surface area contributed by atoms with Crippen LogP contribution >= 0.6 is 0 Å². The van der Waals surface area contributed by atoms with Gasteiger partial charge in [0.2, 0.25) is 0 Å². The van der Waals surface area contributed by atoms with Crippen LogP contribution in [0.4, 0.5) is 0 Å². The van der Waals surface area contributed by atoms with Crippen molar-refractivity contribution >= 4 is 5.97 Å². The van der Waals surface area contributed by atoms with Crippen molar-refractivity contribution in [1.82, 2.24) is 15.1 Å². The number of esters is 1. The minimum Gasteiger partial charge on any atom is -0.468 e. The van der Waals surface area contributed by atoms with Crippen molar-refractivity contribution < 1.29 is 9.53 Å². The monoisotopic (exact) mass is 257 g/mol. The standard InChI is InChI=1S/C13H27N3O2/c1-10-7-16(8-11(2)15(10)5)9-13(3,14-4)12(17)18-6/h10-11,14H,7-9H2,1-6H3. The summed E-state index contributed by atoms with van der Waals surface area (Å²) in [5, 5.41) is 3.09. The first-order chi connectivity index (χ1) is 8.34. The second-order valence-electron chi connectivity index (χ2n) is 5.63. The van der Waals surface area contributed by atoms with E-state index < -0.39 is 5.54 Å². The van der Waals surface area contributed by atoms with Crippen molar-refractivity contribution in [1.29, 1.82) is 0 Å². The van der Waals surface area contributed by atoms with Crippen LogP contribution in [0, 0.1) is 0 Å². The number of ether oxygens (including phenoxy) is 1. The lowest BCUT2D eigenvalue weighted by molar-refractivity contribution is -0.149. The average Bonchev–Trinajstić information content (AvgIpc) is 2.34. The van der Waals surface area contributed by atoms with Crippen LogP contribution in [0.1, 0.15) is 20.8 Å². The first kappa shape index (κ1) is 15.4. The van der Waals surface area contributed by atoms with Crippen LogP contribution in [0.25, 0.3) is 0 Å². The number of nitrogens with one attached hydrogen (secondary N) is 1. The molecule has 0 spiro atoms. The first-order valence-electron chi connectivity index (χ1n) is 6.55. The molecule has 5 heteroatoms. The van der Waals surface area contributed by atoms with Gasteiger partial charge in [-0.15, -0.1) is 0 Å². The molecule has 0 bridgehead atoms. The number of hydrogen-bond donors (Lipinski definition) is 1. The van der Waals surface area contributed by atoms with E-state index in [-0.39, 0.29) is 5.97 Å². The Kier molecular flexibility index (Phi) is 5.13. The zero-order valence-corrected chi connectivity index (χ0v) is 12.5. The van der Waals surface area contributed by atoms with Crippen LogP contribution in [0.2, 0.25) is 0 Å². The quantitative estimate of drug-likeness (QED) is 0.727. The second kappa shape index (κ2) is 5.99. The predicted molar refractivity (Wildman–Crippen MR) is 72.6 cm³/mol. The Bertz CT molecular complexity index is 286. The van der Waals surface area contributed by atoms with Crippen molar-refractivity contribution in [2.75, 3.05) is 40.8 Å². The van der Waals surface area contributed by atoms with E-state index in [0.29, 0.717) is 18.6 Å². The fourth-order valence-electron chi connectivity index (χ4n) is 2.56. The lowest BCUT2D eigenvalue weighted by Crippen LogP contribution is -2.62. The molecular weight excluding hydrogens is 230 g/mol. The lowest BCUT2D eigenvalue weighted by Gasteiger charge is -2.44. The van der Waals surface area contributed by atoms with Gasteiger partial charge in [0, 0.05) is 31.7 Å². The largest absolute Gasteiger partial charge is 0.468 e. The van der Waals surface area contributed by atoms with Gasteiger partial charge in [-0.05, 0) is 34.9 Å². The molecular formula is C13H27N3O2. The molecule has 1 fully saturated rings. The van der Waals surface area contributed by atoms with E-state index in [4.69, 9.17) is 4.74 Å². The third-order valence-corrected chi connectivity index (χ3v) is 4.16. The molecule has 0 aliphatic carbocycles. The maximum atomic E-state index is 11.8. The molecule has 0 radical (unpaired) electrons. The Morgan fingerprint density at radius 2 is 1.89 bits per heavy atom. The Morgan fingerprint density at radius 1 is 1.39 bits per heavy atom. The smallest absolute Gasteiger partial charge is 0.327 e. The summed E-state index contributed by atoms with van der Waals surface area (Å²) >= 11 is 0. The van der Waals surface area contributed by atoms with Crippen LogP contribution in [0.5, 0.6) is 0 Å². The molecule has 1 aliphatic rings. The maximum absolute atomic E-state index is 11.8. The SMILES string of the molecule is CNC(C)(CN1CC(C)N(C)C(C)C1)C(=O)OC. The van der Waals surface area contributed by atoms with Crippen molar-refractivity contribution in [3.8, 4) is 0 Å².